The molecule has 0 amide bonds. The van der Waals surface area contributed by atoms with Crippen molar-refractivity contribution in [1.82, 2.24) is 0 Å². The number of ether oxygens (including phenoxy) is 1. The average molecular weight is 325 g/mol. The van der Waals surface area contributed by atoms with Gasteiger partial charge in [-0.05, 0) is 24.6 Å². The number of benzene rings is 1. The summed E-state index contributed by atoms with van der Waals surface area (Å²) in [6.45, 7) is 2.16. The van der Waals surface area contributed by atoms with Crippen molar-refractivity contribution in [3.8, 4) is 0 Å². The third-order valence-electron chi connectivity index (χ3n) is 2.30. The summed E-state index contributed by atoms with van der Waals surface area (Å²) in [5, 5.41) is 0.271. The van der Waals surface area contributed by atoms with E-state index in [0.717, 1.165) is 6.42 Å². The van der Waals surface area contributed by atoms with Crippen LogP contribution in [0.5, 0.6) is 0 Å². The van der Waals surface area contributed by atoms with Crippen molar-refractivity contribution in [2.24, 2.45) is 0 Å². The zero-order valence-electron chi connectivity index (χ0n) is 10.4. The van der Waals surface area contributed by atoms with Crippen molar-refractivity contribution in [3.63, 3.8) is 0 Å². The Kier molecular flexibility index (Phi) is 6.10. The minimum absolute atomic E-state index is 0.0331. The van der Waals surface area contributed by atoms with Gasteiger partial charge in [0.15, 0.2) is 15.6 Å². The highest BCUT2D eigenvalue weighted by Crippen LogP contribution is 2.25. The maximum Gasteiger partial charge on any atom is 0.321 e. The summed E-state index contributed by atoms with van der Waals surface area (Å²) < 4.78 is 28.8. The van der Waals surface area contributed by atoms with Crippen molar-refractivity contribution >= 4 is 39.0 Å². The molecule has 0 radical (unpaired) electrons. The maximum atomic E-state index is 12.0. The van der Waals surface area contributed by atoms with Gasteiger partial charge in [0, 0.05) is 5.02 Å². The van der Waals surface area contributed by atoms with Gasteiger partial charge in [0.05, 0.1) is 16.5 Å². The Morgan fingerprint density at radius 3 is 2.63 bits per heavy atom. The van der Waals surface area contributed by atoms with Crippen molar-refractivity contribution in [3.05, 3.63) is 28.2 Å². The summed E-state index contributed by atoms with van der Waals surface area (Å²) in [6.07, 6.45) is 1.56. The van der Waals surface area contributed by atoms with E-state index >= 15 is 0 Å². The van der Waals surface area contributed by atoms with Crippen LogP contribution in [0.2, 0.25) is 10.0 Å². The molecule has 0 aliphatic rings. The summed E-state index contributed by atoms with van der Waals surface area (Å²) in [7, 11) is -3.84. The molecule has 1 rings (SSSR count). The first kappa shape index (κ1) is 16.3. The molecule has 0 aliphatic heterocycles. The maximum absolute atomic E-state index is 12.0. The van der Waals surface area contributed by atoms with E-state index in [1.807, 2.05) is 6.92 Å². The summed E-state index contributed by atoms with van der Waals surface area (Å²) in [6, 6.07) is 4.07. The largest absolute Gasteiger partial charge is 0.465 e. The molecule has 19 heavy (non-hydrogen) atoms. The Morgan fingerprint density at radius 2 is 2.00 bits per heavy atom. The molecule has 7 heteroatoms. The Labute approximate surface area is 122 Å². The van der Waals surface area contributed by atoms with E-state index < -0.39 is 21.6 Å². The molecule has 0 aromatic heterocycles. The first-order valence-electron chi connectivity index (χ1n) is 5.70. The molecule has 0 saturated heterocycles. The number of halogens is 2. The van der Waals surface area contributed by atoms with Crippen LogP contribution in [-0.2, 0) is 19.4 Å². The van der Waals surface area contributed by atoms with Gasteiger partial charge in [-0.2, -0.15) is 0 Å². The molecule has 0 heterocycles. The van der Waals surface area contributed by atoms with Gasteiger partial charge in [0.2, 0.25) is 0 Å². The summed E-state index contributed by atoms with van der Waals surface area (Å²) >= 11 is 11.5. The van der Waals surface area contributed by atoms with Crippen LogP contribution in [0.25, 0.3) is 0 Å². The lowest BCUT2D eigenvalue weighted by atomic mass is 10.4. The van der Waals surface area contributed by atoms with Gasteiger partial charge in [-0.3, -0.25) is 4.79 Å². The van der Waals surface area contributed by atoms with Crippen LogP contribution >= 0.6 is 23.2 Å². The van der Waals surface area contributed by atoms with Gasteiger partial charge in [-0.1, -0.05) is 36.5 Å². The number of unbranched alkanes of at least 4 members (excludes halogenated alkanes) is 1. The molecule has 0 atom stereocenters. The van der Waals surface area contributed by atoms with Gasteiger partial charge in [-0.25, -0.2) is 8.42 Å². The fourth-order valence-corrected chi connectivity index (χ4v) is 3.25. The fourth-order valence-electron chi connectivity index (χ4n) is 1.32. The highest BCUT2D eigenvalue weighted by Gasteiger charge is 2.23. The summed E-state index contributed by atoms with van der Waals surface area (Å²) in [4.78, 5) is 11.3. The molecule has 0 aliphatic carbocycles. The third kappa shape index (κ3) is 5.01. The average Bonchev–Trinajstić information content (AvgIpc) is 2.32. The minimum atomic E-state index is -3.84. The lowest BCUT2D eigenvalue weighted by molar-refractivity contribution is -0.140. The first-order chi connectivity index (χ1) is 8.86. The van der Waals surface area contributed by atoms with Crippen LogP contribution in [0, 0.1) is 0 Å². The lowest BCUT2D eigenvalue weighted by Gasteiger charge is -2.07. The summed E-state index contributed by atoms with van der Waals surface area (Å²) in [5.41, 5.74) is 0. The van der Waals surface area contributed by atoms with Crippen molar-refractivity contribution in [1.29, 1.82) is 0 Å². The van der Waals surface area contributed by atoms with E-state index in [1.54, 1.807) is 0 Å². The summed E-state index contributed by atoms with van der Waals surface area (Å²) in [5.74, 6) is -1.53. The molecular weight excluding hydrogens is 311 g/mol. The van der Waals surface area contributed by atoms with Crippen LogP contribution < -0.4 is 0 Å². The quantitative estimate of drug-likeness (QED) is 0.596. The molecular formula is C12H14Cl2O4S. The van der Waals surface area contributed by atoms with Gasteiger partial charge < -0.3 is 4.74 Å². The van der Waals surface area contributed by atoms with Crippen molar-refractivity contribution < 1.29 is 17.9 Å². The highest BCUT2D eigenvalue weighted by atomic mass is 35.5. The molecule has 0 spiro atoms. The van der Waals surface area contributed by atoms with Gasteiger partial charge in [0.25, 0.3) is 0 Å². The highest BCUT2D eigenvalue weighted by molar-refractivity contribution is 7.92. The number of rotatable bonds is 6. The molecule has 0 saturated carbocycles. The van der Waals surface area contributed by atoms with Crippen molar-refractivity contribution in [2.45, 2.75) is 24.7 Å². The molecule has 106 valence electrons. The van der Waals surface area contributed by atoms with Gasteiger partial charge in [0.1, 0.15) is 0 Å². The van der Waals surface area contributed by atoms with Crippen LogP contribution in [0.1, 0.15) is 19.8 Å². The molecule has 1 aromatic carbocycles. The Hall–Kier alpha value is -0.780. The Balaban J connectivity index is 2.81. The topological polar surface area (TPSA) is 60.4 Å². The monoisotopic (exact) mass is 324 g/mol. The Bertz CT molecular complexity index is 555. The zero-order valence-corrected chi connectivity index (χ0v) is 12.7. The van der Waals surface area contributed by atoms with Gasteiger partial charge in [-0.15, -0.1) is 0 Å². The predicted molar refractivity (Wildman–Crippen MR) is 74.4 cm³/mol. The second-order valence-corrected chi connectivity index (χ2v) is 6.71. The number of esters is 1. The lowest BCUT2D eigenvalue weighted by Crippen LogP contribution is -2.19. The number of hydrogen-bond acceptors (Lipinski definition) is 4. The van der Waals surface area contributed by atoms with E-state index in [9.17, 15) is 13.2 Å². The first-order valence-corrected chi connectivity index (χ1v) is 8.11. The second kappa shape index (κ2) is 7.12. The molecule has 4 nitrogen and oxygen atoms in total. The molecule has 0 fully saturated rings. The standard InChI is InChI=1S/C12H14Cl2O4S/c1-2-3-6-18-12(15)8-19(16,17)11-7-9(13)4-5-10(11)14/h4-5,7H,2-3,6,8H2,1H3. The molecule has 0 unspecified atom stereocenters. The van der Waals surface area contributed by atoms with Crippen LogP contribution in [0.15, 0.2) is 23.1 Å². The van der Waals surface area contributed by atoms with E-state index in [-0.39, 0.29) is 21.5 Å². The zero-order chi connectivity index (χ0) is 14.5. The van der Waals surface area contributed by atoms with Crippen LogP contribution in [0.3, 0.4) is 0 Å². The predicted octanol–water partition coefficient (Wildman–Crippen LogP) is 3.11. The smallest absolute Gasteiger partial charge is 0.321 e. The van der Waals surface area contributed by atoms with Gasteiger partial charge >= 0.3 is 5.97 Å². The van der Waals surface area contributed by atoms with E-state index in [0.29, 0.717) is 6.42 Å². The minimum Gasteiger partial charge on any atom is -0.465 e. The van der Waals surface area contributed by atoms with Crippen LogP contribution in [0.4, 0.5) is 0 Å². The molecule has 1 aromatic rings. The molecule has 0 N–H and O–H groups in total. The number of sulfone groups is 1. The van der Waals surface area contributed by atoms with E-state index in [4.69, 9.17) is 27.9 Å². The van der Waals surface area contributed by atoms with Crippen LogP contribution in [-0.4, -0.2) is 26.7 Å². The normalized spacial score (nSPS) is 11.3. The third-order valence-corrected chi connectivity index (χ3v) is 4.60. The number of carbonyl (C=O) groups excluding carboxylic acids is 1. The fraction of sp³-hybridized carbons (Fsp3) is 0.417. The van der Waals surface area contributed by atoms with E-state index in [1.165, 1.54) is 18.2 Å². The number of hydrogen-bond donors (Lipinski definition) is 0. The SMILES string of the molecule is CCCCOC(=O)CS(=O)(=O)c1cc(Cl)ccc1Cl. The Morgan fingerprint density at radius 1 is 1.32 bits per heavy atom. The number of carbonyl (C=O) groups is 1. The molecule has 0 bridgehead atoms. The van der Waals surface area contributed by atoms with Crippen molar-refractivity contribution in [2.75, 3.05) is 12.4 Å². The second-order valence-electron chi connectivity index (χ2n) is 3.91. The van der Waals surface area contributed by atoms with E-state index in [2.05, 4.69) is 0 Å².